The number of carboxylic acid groups (broad SMARTS) is 1. The van der Waals surface area contributed by atoms with Gasteiger partial charge in [0, 0.05) is 34.1 Å². The Morgan fingerprint density at radius 3 is 1.60 bits per heavy atom. The van der Waals surface area contributed by atoms with Crippen LogP contribution >= 0.6 is 0 Å². The molecule has 8 heteroatoms. The summed E-state index contributed by atoms with van der Waals surface area (Å²) in [5.74, 6) is 5.00. The molecule has 8 fully saturated rings. The van der Waals surface area contributed by atoms with Crippen molar-refractivity contribution in [3.8, 4) is 28.7 Å². The standard InChI is InChI=1S/C52H51NO7/c54-48(55)39-14-16-40(17-15-39)59-45-12-6-4-10-42(45)49-23-35-20-36(24-49)28-51(27-35,32-49)52-29-37-21-38(30-52)26-50(25-37,33-52)43-11-5-7-13-46(43)60-41-18-19-44(53(56)57)47(22-41)58-31-34-8-2-1-3-9-34/h1-19,22,35-38H,20-21,23-33H2,(H,54,55). The number of rotatable bonds is 12. The van der Waals surface area contributed by atoms with E-state index in [2.05, 4.69) is 48.5 Å². The average Bonchev–Trinajstić information content (AvgIpc) is 3.23. The minimum Gasteiger partial charge on any atom is -0.482 e. The molecule has 0 radical (unpaired) electrons. The van der Waals surface area contributed by atoms with Gasteiger partial charge in [-0.1, -0.05) is 66.7 Å². The molecular weight excluding hydrogens is 751 g/mol. The largest absolute Gasteiger partial charge is 0.482 e. The summed E-state index contributed by atoms with van der Waals surface area (Å²) in [7, 11) is 0. The topological polar surface area (TPSA) is 108 Å². The predicted molar refractivity (Wildman–Crippen MR) is 228 cm³/mol. The SMILES string of the molecule is O=C(O)c1ccc(Oc2ccccc2C23CC4CC(C2)CC(C25CC6CC(CC(c7ccccc7Oc7ccc([N+](=O)[O-])c(OCc8ccccc8)c7)(C6)C2)C5)(C4)C3)cc1. The van der Waals surface area contributed by atoms with E-state index in [1.165, 1.54) is 94.2 Å². The third kappa shape index (κ3) is 6.19. The molecule has 8 saturated carbocycles. The molecule has 4 unspecified atom stereocenters. The average molecular weight is 802 g/mol. The summed E-state index contributed by atoms with van der Waals surface area (Å²) in [6.07, 6.45) is 15.1. The second kappa shape index (κ2) is 14.0. The molecule has 8 aliphatic rings. The smallest absolute Gasteiger partial charge is 0.335 e. The van der Waals surface area contributed by atoms with Crippen molar-refractivity contribution in [1.82, 2.24) is 0 Å². The predicted octanol–water partition coefficient (Wildman–Crippen LogP) is 12.8. The molecule has 8 nitrogen and oxygen atoms in total. The molecule has 0 spiro atoms. The summed E-state index contributed by atoms with van der Waals surface area (Å²) >= 11 is 0. The lowest BCUT2D eigenvalue weighted by Gasteiger charge is -2.74. The monoisotopic (exact) mass is 801 g/mol. The maximum atomic E-state index is 12.1. The number of nitro benzene ring substituents is 1. The molecule has 5 aromatic rings. The van der Waals surface area contributed by atoms with Gasteiger partial charge in [0.1, 0.15) is 29.6 Å². The third-order valence-electron chi connectivity index (χ3n) is 16.1. The fraction of sp³-hybridized carbons (Fsp3) is 0.404. The molecule has 0 heterocycles. The van der Waals surface area contributed by atoms with Crippen LogP contribution in [0.25, 0.3) is 0 Å². The molecule has 5 aromatic carbocycles. The first-order valence-electron chi connectivity index (χ1n) is 21.9. The quantitative estimate of drug-likeness (QED) is 0.0988. The highest BCUT2D eigenvalue weighted by atomic mass is 16.6. The van der Waals surface area contributed by atoms with Gasteiger partial charge in [0.2, 0.25) is 5.75 Å². The summed E-state index contributed by atoms with van der Waals surface area (Å²) in [4.78, 5) is 23.2. The van der Waals surface area contributed by atoms with Gasteiger partial charge in [-0.15, -0.1) is 0 Å². The first kappa shape index (κ1) is 37.4. The van der Waals surface area contributed by atoms with Crippen molar-refractivity contribution < 1.29 is 29.0 Å². The molecule has 13 rings (SSSR count). The van der Waals surface area contributed by atoms with Crippen LogP contribution in [0.3, 0.4) is 0 Å². The van der Waals surface area contributed by atoms with E-state index in [9.17, 15) is 20.0 Å². The molecule has 0 amide bonds. The molecule has 8 aliphatic carbocycles. The number of para-hydroxylation sites is 2. The molecule has 4 atom stereocenters. The Morgan fingerprint density at radius 2 is 1.08 bits per heavy atom. The molecule has 306 valence electrons. The van der Waals surface area contributed by atoms with Crippen LogP contribution in [0.2, 0.25) is 0 Å². The van der Waals surface area contributed by atoms with Gasteiger partial charge < -0.3 is 19.3 Å². The minimum absolute atomic E-state index is 0.00766. The Kier molecular flexibility index (Phi) is 8.70. The number of aromatic carboxylic acids is 1. The molecule has 0 aliphatic heterocycles. The van der Waals surface area contributed by atoms with Crippen molar-refractivity contribution in [2.75, 3.05) is 0 Å². The zero-order valence-electron chi connectivity index (χ0n) is 33.9. The molecular formula is C52H51NO7. The Labute approximate surface area is 351 Å². The lowest BCUT2D eigenvalue weighted by molar-refractivity contribution is -0.386. The van der Waals surface area contributed by atoms with Crippen LogP contribution < -0.4 is 14.2 Å². The maximum Gasteiger partial charge on any atom is 0.335 e. The highest BCUT2D eigenvalue weighted by molar-refractivity contribution is 5.87. The van der Waals surface area contributed by atoms with Gasteiger partial charge in [-0.25, -0.2) is 4.79 Å². The minimum atomic E-state index is -0.938. The molecule has 1 N–H and O–H groups in total. The number of carboxylic acids is 1. The number of benzene rings is 5. The van der Waals surface area contributed by atoms with Gasteiger partial charge in [-0.05, 0) is 160 Å². The van der Waals surface area contributed by atoms with Gasteiger partial charge in [0.15, 0.2) is 0 Å². The Bertz CT molecular complexity index is 2450. The van der Waals surface area contributed by atoms with Crippen LogP contribution in [0.15, 0.2) is 121 Å². The molecule has 60 heavy (non-hydrogen) atoms. The van der Waals surface area contributed by atoms with Crippen LogP contribution in [0.5, 0.6) is 28.7 Å². The van der Waals surface area contributed by atoms with Crippen LogP contribution in [-0.2, 0) is 17.4 Å². The van der Waals surface area contributed by atoms with E-state index >= 15 is 0 Å². The number of ether oxygens (including phenoxy) is 3. The maximum absolute atomic E-state index is 12.1. The van der Waals surface area contributed by atoms with E-state index in [1.54, 1.807) is 36.4 Å². The second-order valence-corrected chi connectivity index (χ2v) is 19.7. The number of hydrogen-bond donors (Lipinski definition) is 1. The van der Waals surface area contributed by atoms with Crippen LogP contribution in [0, 0.1) is 44.6 Å². The van der Waals surface area contributed by atoms with E-state index in [1.807, 2.05) is 30.3 Å². The fourth-order valence-electron chi connectivity index (χ4n) is 14.9. The van der Waals surface area contributed by atoms with Gasteiger partial charge >= 0.3 is 11.7 Å². The fourth-order valence-corrected chi connectivity index (χ4v) is 14.9. The number of nitro groups is 1. The van der Waals surface area contributed by atoms with E-state index < -0.39 is 10.9 Å². The van der Waals surface area contributed by atoms with E-state index in [4.69, 9.17) is 14.2 Å². The Morgan fingerprint density at radius 1 is 0.600 bits per heavy atom. The van der Waals surface area contributed by atoms with Crippen molar-refractivity contribution in [2.45, 2.75) is 94.5 Å². The zero-order chi connectivity index (χ0) is 40.7. The summed E-state index contributed by atoms with van der Waals surface area (Å²) in [5.41, 5.74) is 4.31. The molecule has 0 saturated heterocycles. The van der Waals surface area contributed by atoms with Gasteiger partial charge in [-0.3, -0.25) is 10.1 Å². The van der Waals surface area contributed by atoms with E-state index in [-0.39, 0.29) is 45.3 Å². The van der Waals surface area contributed by atoms with Gasteiger partial charge in [-0.2, -0.15) is 0 Å². The number of nitrogens with zero attached hydrogens (tertiary/aromatic N) is 1. The second-order valence-electron chi connectivity index (χ2n) is 19.7. The molecule has 0 aromatic heterocycles. The summed E-state index contributed by atoms with van der Waals surface area (Å²) < 4.78 is 19.5. The van der Waals surface area contributed by atoms with E-state index in [0.29, 0.717) is 35.2 Å². The van der Waals surface area contributed by atoms with Crippen molar-refractivity contribution in [2.24, 2.45) is 34.5 Å². The molecule has 8 bridgehead atoms. The summed E-state index contributed by atoms with van der Waals surface area (Å²) in [6.45, 7) is 0.224. The number of hydrogen-bond acceptors (Lipinski definition) is 6. The van der Waals surface area contributed by atoms with Crippen LogP contribution in [0.4, 0.5) is 5.69 Å². The highest BCUT2D eigenvalue weighted by Crippen LogP contribution is 2.79. The van der Waals surface area contributed by atoms with Crippen molar-refractivity contribution in [1.29, 1.82) is 0 Å². The highest BCUT2D eigenvalue weighted by Gasteiger charge is 2.70. The lowest BCUT2D eigenvalue weighted by atomic mass is 9.30. The Hall–Kier alpha value is -5.63. The summed E-state index contributed by atoms with van der Waals surface area (Å²) in [6, 6.07) is 38.7. The van der Waals surface area contributed by atoms with Crippen LogP contribution in [-0.4, -0.2) is 16.0 Å². The third-order valence-corrected chi connectivity index (χ3v) is 16.1. The van der Waals surface area contributed by atoms with Gasteiger partial charge in [0.25, 0.3) is 0 Å². The van der Waals surface area contributed by atoms with Crippen molar-refractivity contribution in [3.63, 3.8) is 0 Å². The summed E-state index contributed by atoms with van der Waals surface area (Å²) in [5, 5.41) is 21.5. The normalized spacial score (nSPS) is 31.8. The number of carbonyl (C=O) groups is 1. The van der Waals surface area contributed by atoms with Crippen molar-refractivity contribution in [3.05, 3.63) is 154 Å². The van der Waals surface area contributed by atoms with Gasteiger partial charge in [0.05, 0.1) is 10.5 Å². The Balaban J connectivity index is 0.916. The van der Waals surface area contributed by atoms with Crippen molar-refractivity contribution >= 4 is 11.7 Å². The zero-order valence-corrected chi connectivity index (χ0v) is 33.9. The van der Waals surface area contributed by atoms with E-state index in [0.717, 1.165) is 17.1 Å². The van der Waals surface area contributed by atoms with Crippen LogP contribution in [0.1, 0.15) is 104 Å². The lowest BCUT2D eigenvalue weighted by Crippen LogP contribution is -2.66. The first-order valence-corrected chi connectivity index (χ1v) is 21.9. The first-order chi connectivity index (χ1) is 29.1.